The van der Waals surface area contributed by atoms with Gasteiger partial charge in [-0.2, -0.15) is 0 Å². The lowest BCUT2D eigenvalue weighted by atomic mass is 9.44. The van der Waals surface area contributed by atoms with Gasteiger partial charge in [-0.05, 0) is 99.2 Å². The first-order chi connectivity index (χ1) is 12.4. The fraction of sp³-hybridized carbons (Fsp3) is 1.00. The summed E-state index contributed by atoms with van der Waals surface area (Å²) in [6.07, 6.45) is 11.4. The molecule has 5 rings (SSSR count). The van der Waals surface area contributed by atoms with Crippen LogP contribution in [0.4, 0.5) is 0 Å². The average molecular weight is 363 g/mol. The second-order valence-corrected chi connectivity index (χ2v) is 11.0. The quantitative estimate of drug-likeness (QED) is 0.730. The fourth-order valence-electron chi connectivity index (χ4n) is 8.83. The molecular formula is C23H38O3. The largest absolute Gasteiger partial charge is 0.393 e. The molecule has 0 bridgehead atoms. The molecular weight excluding hydrogens is 324 g/mol. The molecule has 0 spiro atoms. The standard InChI is InChI=1S/C23H38O3/c1-21-10-8-16(24)14-15(21)4-5-17-18-6-7-20(23(3)25-12-13-26-23)22(18,2)11-9-19(17)21/h15-20,24H,4-14H2,1-3H3/t15-,16+,17-,18+,19-,20-,21-,22+/m0/s1. The predicted octanol–water partition coefficient (Wildman–Crippen LogP) is 4.77. The molecule has 0 aromatic rings. The van der Waals surface area contributed by atoms with Crippen LogP contribution in [0.2, 0.25) is 0 Å². The van der Waals surface area contributed by atoms with E-state index in [1.165, 1.54) is 44.9 Å². The number of aliphatic hydroxyl groups is 1. The number of hydrogen-bond acceptors (Lipinski definition) is 3. The van der Waals surface area contributed by atoms with Crippen LogP contribution in [0.5, 0.6) is 0 Å². The Balaban J connectivity index is 1.41. The third-order valence-electron chi connectivity index (χ3n) is 10.1. The maximum atomic E-state index is 10.2. The van der Waals surface area contributed by atoms with E-state index >= 15 is 0 Å². The SMILES string of the molecule is CC1([C@H]2CC[C@@H]3[C@@H]4CC[C@H]5C[C@H](O)CC[C@]5(C)[C@H]4CC[C@]32C)OCCO1. The molecule has 0 aromatic heterocycles. The Kier molecular flexibility index (Phi) is 4.10. The van der Waals surface area contributed by atoms with Crippen molar-refractivity contribution in [3.05, 3.63) is 0 Å². The molecule has 0 amide bonds. The Morgan fingerprint density at radius 3 is 2.23 bits per heavy atom. The van der Waals surface area contributed by atoms with E-state index in [4.69, 9.17) is 9.47 Å². The van der Waals surface area contributed by atoms with Gasteiger partial charge in [0.2, 0.25) is 0 Å². The highest BCUT2D eigenvalue weighted by Crippen LogP contribution is 2.69. The Morgan fingerprint density at radius 1 is 0.769 bits per heavy atom. The second kappa shape index (κ2) is 5.94. The van der Waals surface area contributed by atoms with E-state index in [9.17, 15) is 5.11 Å². The van der Waals surface area contributed by atoms with Crippen molar-refractivity contribution in [2.45, 2.75) is 90.4 Å². The minimum absolute atomic E-state index is 0.0362. The van der Waals surface area contributed by atoms with Crippen LogP contribution in [0.25, 0.3) is 0 Å². The smallest absolute Gasteiger partial charge is 0.169 e. The molecule has 148 valence electrons. The molecule has 5 aliphatic rings. The van der Waals surface area contributed by atoms with Crippen LogP contribution in [0.15, 0.2) is 0 Å². The van der Waals surface area contributed by atoms with Crippen LogP contribution >= 0.6 is 0 Å². The molecule has 1 aliphatic heterocycles. The molecule has 1 heterocycles. The van der Waals surface area contributed by atoms with E-state index in [-0.39, 0.29) is 11.9 Å². The number of hydrogen-bond donors (Lipinski definition) is 1. The molecule has 3 heteroatoms. The van der Waals surface area contributed by atoms with Gasteiger partial charge in [-0.15, -0.1) is 0 Å². The van der Waals surface area contributed by atoms with Crippen LogP contribution in [0, 0.1) is 40.4 Å². The van der Waals surface area contributed by atoms with Crippen molar-refractivity contribution in [3.63, 3.8) is 0 Å². The second-order valence-electron chi connectivity index (χ2n) is 11.0. The maximum Gasteiger partial charge on any atom is 0.169 e. The zero-order valence-corrected chi connectivity index (χ0v) is 17.0. The van der Waals surface area contributed by atoms with Gasteiger partial charge < -0.3 is 14.6 Å². The highest BCUT2D eigenvalue weighted by molar-refractivity contribution is 5.11. The lowest BCUT2D eigenvalue weighted by Gasteiger charge is -2.61. The van der Waals surface area contributed by atoms with Gasteiger partial charge >= 0.3 is 0 Å². The highest BCUT2D eigenvalue weighted by atomic mass is 16.7. The molecule has 1 N–H and O–H groups in total. The molecule has 0 aromatic carbocycles. The zero-order chi connectivity index (χ0) is 18.2. The minimum atomic E-state index is -0.341. The lowest BCUT2D eigenvalue weighted by Crippen LogP contribution is -2.55. The Bertz CT molecular complexity index is 556. The normalized spacial score (nSPS) is 55.8. The van der Waals surface area contributed by atoms with Crippen LogP contribution < -0.4 is 0 Å². The van der Waals surface area contributed by atoms with Crippen molar-refractivity contribution in [2.24, 2.45) is 40.4 Å². The lowest BCUT2D eigenvalue weighted by molar-refractivity contribution is -0.218. The van der Waals surface area contributed by atoms with Gasteiger partial charge in [-0.3, -0.25) is 0 Å². The van der Waals surface area contributed by atoms with E-state index in [0.29, 0.717) is 16.7 Å². The molecule has 4 saturated carbocycles. The monoisotopic (exact) mass is 362 g/mol. The van der Waals surface area contributed by atoms with Crippen molar-refractivity contribution in [3.8, 4) is 0 Å². The topological polar surface area (TPSA) is 38.7 Å². The number of ether oxygens (including phenoxy) is 2. The fourth-order valence-corrected chi connectivity index (χ4v) is 8.83. The molecule has 26 heavy (non-hydrogen) atoms. The van der Waals surface area contributed by atoms with Crippen molar-refractivity contribution < 1.29 is 14.6 Å². The first kappa shape index (κ1) is 17.9. The molecule has 5 fully saturated rings. The molecule has 1 saturated heterocycles. The van der Waals surface area contributed by atoms with Gasteiger partial charge in [0.1, 0.15) is 0 Å². The van der Waals surface area contributed by atoms with Gasteiger partial charge in [0, 0.05) is 5.92 Å². The number of rotatable bonds is 1. The van der Waals surface area contributed by atoms with Gasteiger partial charge in [0.05, 0.1) is 19.3 Å². The maximum absolute atomic E-state index is 10.2. The third-order valence-corrected chi connectivity index (χ3v) is 10.1. The minimum Gasteiger partial charge on any atom is -0.393 e. The zero-order valence-electron chi connectivity index (χ0n) is 17.0. The third kappa shape index (κ3) is 2.35. The summed E-state index contributed by atoms with van der Waals surface area (Å²) < 4.78 is 12.3. The average Bonchev–Trinajstić information content (AvgIpc) is 3.19. The number of aliphatic hydroxyl groups excluding tert-OH is 1. The summed E-state index contributed by atoms with van der Waals surface area (Å²) in [4.78, 5) is 0. The van der Waals surface area contributed by atoms with Gasteiger partial charge in [-0.1, -0.05) is 13.8 Å². The van der Waals surface area contributed by atoms with Crippen LogP contribution in [-0.4, -0.2) is 30.2 Å². The van der Waals surface area contributed by atoms with E-state index < -0.39 is 0 Å². The molecule has 4 aliphatic carbocycles. The first-order valence-corrected chi connectivity index (χ1v) is 11.3. The van der Waals surface area contributed by atoms with Gasteiger partial charge in [0.25, 0.3) is 0 Å². The predicted molar refractivity (Wildman–Crippen MR) is 102 cm³/mol. The molecule has 0 radical (unpaired) electrons. The van der Waals surface area contributed by atoms with E-state index in [1.807, 2.05) is 0 Å². The van der Waals surface area contributed by atoms with Crippen molar-refractivity contribution in [2.75, 3.05) is 13.2 Å². The summed E-state index contributed by atoms with van der Waals surface area (Å²) in [6.45, 7) is 8.90. The Morgan fingerprint density at radius 2 is 1.46 bits per heavy atom. The van der Waals surface area contributed by atoms with Gasteiger partial charge in [-0.25, -0.2) is 0 Å². The van der Waals surface area contributed by atoms with Crippen LogP contribution in [0.1, 0.15) is 78.6 Å². The van der Waals surface area contributed by atoms with Gasteiger partial charge in [0.15, 0.2) is 5.79 Å². The Labute approximate surface area is 159 Å². The summed E-state index contributed by atoms with van der Waals surface area (Å²) in [5.74, 6) is 3.59. The van der Waals surface area contributed by atoms with Crippen molar-refractivity contribution >= 4 is 0 Å². The van der Waals surface area contributed by atoms with E-state index in [1.54, 1.807) is 0 Å². The number of fused-ring (bicyclic) bond motifs is 5. The Hall–Kier alpha value is -0.120. The van der Waals surface area contributed by atoms with E-state index in [2.05, 4.69) is 20.8 Å². The van der Waals surface area contributed by atoms with Crippen molar-refractivity contribution in [1.29, 1.82) is 0 Å². The summed E-state index contributed by atoms with van der Waals surface area (Å²) in [7, 11) is 0. The summed E-state index contributed by atoms with van der Waals surface area (Å²) >= 11 is 0. The summed E-state index contributed by atoms with van der Waals surface area (Å²) in [5.41, 5.74) is 0.865. The van der Waals surface area contributed by atoms with Crippen LogP contribution in [0.3, 0.4) is 0 Å². The summed E-state index contributed by atoms with van der Waals surface area (Å²) in [5, 5.41) is 10.2. The molecule has 0 unspecified atom stereocenters. The van der Waals surface area contributed by atoms with Crippen LogP contribution in [-0.2, 0) is 9.47 Å². The molecule has 8 atom stereocenters. The van der Waals surface area contributed by atoms with E-state index in [0.717, 1.165) is 49.7 Å². The van der Waals surface area contributed by atoms with Crippen molar-refractivity contribution in [1.82, 2.24) is 0 Å². The molecule has 3 nitrogen and oxygen atoms in total. The summed E-state index contributed by atoms with van der Waals surface area (Å²) in [6, 6.07) is 0. The highest BCUT2D eigenvalue weighted by Gasteiger charge is 2.63. The first-order valence-electron chi connectivity index (χ1n) is 11.3.